The summed E-state index contributed by atoms with van der Waals surface area (Å²) in [5.74, 6) is 0.252. The summed E-state index contributed by atoms with van der Waals surface area (Å²) in [7, 11) is 0. The number of carbonyl (C=O) groups excluding carboxylic acids is 1. The third-order valence-corrected chi connectivity index (χ3v) is 3.54. The normalized spacial score (nSPS) is 20.5. The number of hydrogen-bond acceptors (Lipinski definition) is 8. The summed E-state index contributed by atoms with van der Waals surface area (Å²) < 4.78 is 6.75. The van der Waals surface area contributed by atoms with Gasteiger partial charge in [0.15, 0.2) is 17.0 Å². The molecule has 2 heterocycles. The summed E-state index contributed by atoms with van der Waals surface area (Å²) in [6.45, 7) is 5.20. The number of rotatable bonds is 2. The van der Waals surface area contributed by atoms with Crippen molar-refractivity contribution in [3.8, 4) is 0 Å². The molecular formula is C14H19N7O3. The number of anilines is 1. The largest absolute Gasteiger partial charge is 0.442 e. The van der Waals surface area contributed by atoms with Gasteiger partial charge >= 0.3 is 6.09 Å². The van der Waals surface area contributed by atoms with E-state index in [2.05, 4.69) is 20.3 Å². The molecule has 1 aliphatic carbocycles. The fraction of sp³-hybridized carbons (Fsp3) is 0.500. The lowest BCUT2D eigenvalue weighted by atomic mass is 10.2. The Hall–Kier alpha value is -2.75. The first-order chi connectivity index (χ1) is 11.3. The Bertz CT molecular complexity index is 795. The SMILES string of the molecule is CC(C)(C)OC(=O)N(O)[C@@H]1C=C[C@H](n2nnc3c(N)ncnc32)C1. The molecule has 0 saturated heterocycles. The molecule has 1 amide bonds. The molecule has 2 atom stereocenters. The van der Waals surface area contributed by atoms with Gasteiger partial charge in [-0.05, 0) is 20.8 Å². The number of hydroxylamine groups is 2. The van der Waals surface area contributed by atoms with Crippen LogP contribution in [0, 0.1) is 0 Å². The first-order valence-electron chi connectivity index (χ1n) is 7.47. The van der Waals surface area contributed by atoms with Gasteiger partial charge in [0.05, 0.1) is 12.1 Å². The lowest BCUT2D eigenvalue weighted by Gasteiger charge is -2.26. The molecule has 128 valence electrons. The molecule has 0 spiro atoms. The molecule has 0 fully saturated rings. The van der Waals surface area contributed by atoms with Crippen molar-refractivity contribution in [2.24, 2.45) is 0 Å². The van der Waals surface area contributed by atoms with Crippen LogP contribution in [-0.4, -0.2) is 53.0 Å². The number of allylic oxidation sites excluding steroid dienone is 1. The Morgan fingerprint density at radius 3 is 2.88 bits per heavy atom. The predicted octanol–water partition coefficient (Wildman–Crippen LogP) is 1.30. The summed E-state index contributed by atoms with van der Waals surface area (Å²) in [6, 6.07) is -0.741. The van der Waals surface area contributed by atoms with Gasteiger partial charge in [-0.3, -0.25) is 5.21 Å². The van der Waals surface area contributed by atoms with Crippen LogP contribution in [0.15, 0.2) is 18.5 Å². The molecule has 0 saturated carbocycles. The van der Waals surface area contributed by atoms with Gasteiger partial charge in [-0.1, -0.05) is 17.4 Å². The maximum atomic E-state index is 11.9. The summed E-state index contributed by atoms with van der Waals surface area (Å²) >= 11 is 0. The lowest BCUT2D eigenvalue weighted by Crippen LogP contribution is -2.40. The van der Waals surface area contributed by atoms with Crippen molar-refractivity contribution in [3.63, 3.8) is 0 Å². The van der Waals surface area contributed by atoms with Gasteiger partial charge in [-0.25, -0.2) is 19.4 Å². The predicted molar refractivity (Wildman–Crippen MR) is 84.0 cm³/mol. The Labute approximate surface area is 137 Å². The smallest absolute Gasteiger partial charge is 0.434 e. The molecule has 10 heteroatoms. The van der Waals surface area contributed by atoms with Crippen LogP contribution in [0.3, 0.4) is 0 Å². The average molecular weight is 333 g/mol. The van der Waals surface area contributed by atoms with Gasteiger partial charge < -0.3 is 10.5 Å². The maximum Gasteiger partial charge on any atom is 0.434 e. The van der Waals surface area contributed by atoms with Gasteiger partial charge in [0.2, 0.25) is 0 Å². The standard InChI is InChI=1S/C14H19N7O3/c1-14(2,3)24-13(22)21(23)9-5-4-8(6-9)20-12-10(18-19-20)11(15)16-7-17-12/h4-5,7-9,23H,6H2,1-3H3,(H2,15,16,17)/t8-,9+/m0/s1. The number of nitrogens with two attached hydrogens (primary N) is 1. The average Bonchev–Trinajstić information content (AvgIpc) is 3.11. The van der Waals surface area contributed by atoms with E-state index in [0.29, 0.717) is 22.6 Å². The van der Waals surface area contributed by atoms with Crippen molar-refractivity contribution in [3.05, 3.63) is 18.5 Å². The van der Waals surface area contributed by atoms with Crippen molar-refractivity contribution in [1.29, 1.82) is 0 Å². The second kappa shape index (κ2) is 5.71. The van der Waals surface area contributed by atoms with Crippen LogP contribution in [0.25, 0.3) is 11.2 Å². The molecule has 0 aromatic carbocycles. The minimum Gasteiger partial charge on any atom is -0.442 e. The van der Waals surface area contributed by atoms with Crippen molar-refractivity contribution in [2.75, 3.05) is 5.73 Å². The minimum absolute atomic E-state index is 0.216. The maximum absolute atomic E-state index is 11.9. The lowest BCUT2D eigenvalue weighted by molar-refractivity contribution is -0.111. The summed E-state index contributed by atoms with van der Waals surface area (Å²) in [5, 5.41) is 18.7. The van der Waals surface area contributed by atoms with Gasteiger partial charge in [-0.2, -0.15) is 5.06 Å². The van der Waals surface area contributed by atoms with Crippen LogP contribution >= 0.6 is 0 Å². The van der Waals surface area contributed by atoms with Crippen LogP contribution < -0.4 is 5.73 Å². The van der Waals surface area contributed by atoms with E-state index in [-0.39, 0.29) is 11.9 Å². The fourth-order valence-corrected chi connectivity index (χ4v) is 2.47. The highest BCUT2D eigenvalue weighted by atomic mass is 16.6. The number of ether oxygens (including phenoxy) is 1. The zero-order valence-corrected chi connectivity index (χ0v) is 13.6. The third-order valence-electron chi connectivity index (χ3n) is 3.54. The number of fused-ring (bicyclic) bond motifs is 1. The van der Waals surface area contributed by atoms with Crippen molar-refractivity contribution < 1.29 is 14.7 Å². The number of amides is 1. The molecule has 0 aliphatic heterocycles. The van der Waals surface area contributed by atoms with Gasteiger partial charge in [0, 0.05) is 6.42 Å². The minimum atomic E-state index is -0.798. The van der Waals surface area contributed by atoms with Crippen molar-refractivity contribution >= 4 is 23.1 Å². The van der Waals surface area contributed by atoms with E-state index < -0.39 is 17.7 Å². The molecule has 2 aromatic heterocycles. The Kier molecular flexibility index (Phi) is 3.84. The van der Waals surface area contributed by atoms with E-state index in [9.17, 15) is 10.0 Å². The van der Waals surface area contributed by atoms with E-state index in [1.165, 1.54) is 6.33 Å². The molecule has 10 nitrogen and oxygen atoms in total. The second-order valence-corrected chi connectivity index (χ2v) is 6.55. The molecule has 0 radical (unpaired) electrons. The molecule has 0 bridgehead atoms. The first kappa shape index (κ1) is 16.1. The number of nitrogen functional groups attached to an aromatic ring is 1. The van der Waals surface area contributed by atoms with E-state index in [1.54, 1.807) is 31.5 Å². The number of hydrogen-bond donors (Lipinski definition) is 2. The number of nitrogens with zero attached hydrogens (tertiary/aromatic N) is 6. The van der Waals surface area contributed by atoms with Crippen molar-refractivity contribution in [1.82, 2.24) is 30.0 Å². The van der Waals surface area contributed by atoms with E-state index in [0.717, 1.165) is 0 Å². The molecule has 0 unspecified atom stereocenters. The summed E-state index contributed by atoms with van der Waals surface area (Å²) in [4.78, 5) is 20.0. The Balaban J connectivity index is 1.75. The van der Waals surface area contributed by atoms with Crippen LogP contribution in [-0.2, 0) is 4.74 Å². The quantitative estimate of drug-likeness (QED) is 0.477. The second-order valence-electron chi connectivity index (χ2n) is 6.55. The Morgan fingerprint density at radius 1 is 1.42 bits per heavy atom. The fourth-order valence-electron chi connectivity index (χ4n) is 2.47. The molecule has 3 rings (SSSR count). The highest BCUT2D eigenvalue weighted by Gasteiger charge is 2.32. The summed E-state index contributed by atoms with van der Waals surface area (Å²) in [5.41, 5.74) is 5.98. The zero-order valence-electron chi connectivity index (χ0n) is 13.6. The topological polar surface area (TPSA) is 132 Å². The van der Waals surface area contributed by atoms with Crippen molar-refractivity contribution in [2.45, 2.75) is 44.9 Å². The molecule has 3 N–H and O–H groups in total. The van der Waals surface area contributed by atoms with Crippen LogP contribution in [0.2, 0.25) is 0 Å². The highest BCUT2D eigenvalue weighted by molar-refractivity contribution is 5.80. The van der Waals surface area contributed by atoms with E-state index >= 15 is 0 Å². The van der Waals surface area contributed by atoms with Gasteiger partial charge in [-0.15, -0.1) is 5.10 Å². The van der Waals surface area contributed by atoms with Crippen LogP contribution in [0.4, 0.5) is 10.6 Å². The van der Waals surface area contributed by atoms with Gasteiger partial charge in [0.1, 0.15) is 11.9 Å². The third kappa shape index (κ3) is 3.00. The number of carbonyl (C=O) groups is 1. The van der Waals surface area contributed by atoms with E-state index in [1.807, 2.05) is 6.08 Å². The molecule has 2 aromatic rings. The molecule has 1 aliphatic rings. The molecule has 24 heavy (non-hydrogen) atoms. The van der Waals surface area contributed by atoms with Crippen LogP contribution in [0.1, 0.15) is 33.2 Å². The Morgan fingerprint density at radius 2 is 2.17 bits per heavy atom. The van der Waals surface area contributed by atoms with Crippen LogP contribution in [0.5, 0.6) is 0 Å². The van der Waals surface area contributed by atoms with Gasteiger partial charge in [0.25, 0.3) is 0 Å². The first-order valence-corrected chi connectivity index (χ1v) is 7.47. The molecular weight excluding hydrogens is 314 g/mol. The summed E-state index contributed by atoms with van der Waals surface area (Å²) in [6.07, 6.45) is 4.50. The zero-order chi connectivity index (χ0) is 17.5. The highest BCUT2D eigenvalue weighted by Crippen LogP contribution is 2.28. The monoisotopic (exact) mass is 333 g/mol. The van der Waals surface area contributed by atoms with E-state index in [4.69, 9.17) is 10.5 Å². The number of aromatic nitrogens is 5.